The Morgan fingerprint density at radius 3 is 3.06 bits per heavy atom. The van der Waals surface area contributed by atoms with Crippen molar-refractivity contribution in [3.63, 3.8) is 0 Å². The van der Waals surface area contributed by atoms with E-state index >= 15 is 0 Å². The van der Waals surface area contributed by atoms with Gasteiger partial charge in [-0.25, -0.2) is 0 Å². The fourth-order valence-corrected chi connectivity index (χ4v) is 2.18. The van der Waals surface area contributed by atoms with Gasteiger partial charge in [-0.3, -0.25) is 10.1 Å². The van der Waals surface area contributed by atoms with Crippen LogP contribution in [-0.4, -0.2) is 24.2 Å². The van der Waals surface area contributed by atoms with Crippen molar-refractivity contribution < 1.29 is 9.66 Å². The lowest BCUT2D eigenvalue weighted by Crippen LogP contribution is -2.08. The molecule has 7 nitrogen and oxygen atoms in total. The van der Waals surface area contributed by atoms with Crippen LogP contribution in [0.5, 0.6) is 0 Å². The third kappa shape index (κ3) is 2.58. The molecule has 0 aliphatic carbocycles. The van der Waals surface area contributed by atoms with Gasteiger partial charge in [0.1, 0.15) is 0 Å². The molecule has 1 aliphatic heterocycles. The number of hydrogen-bond donors (Lipinski definition) is 0. The molecule has 0 saturated carbocycles. The molecule has 0 aromatic heterocycles. The fourth-order valence-electron chi connectivity index (χ4n) is 2.18. The van der Waals surface area contributed by atoms with Gasteiger partial charge < -0.3 is 4.74 Å². The molecule has 0 amide bonds. The number of nitrogens with zero attached hydrogens (tertiary/aromatic N) is 4. The summed E-state index contributed by atoms with van der Waals surface area (Å²) < 4.78 is 5.47. The Hall–Kier alpha value is -2.11. The minimum atomic E-state index is -0.379. The summed E-state index contributed by atoms with van der Waals surface area (Å²) in [6, 6.07) is 6.68. The Morgan fingerprint density at radius 1 is 1.56 bits per heavy atom. The van der Waals surface area contributed by atoms with Crippen molar-refractivity contribution >= 4 is 5.69 Å². The molecule has 0 bridgehead atoms. The Kier molecular flexibility index (Phi) is 3.76. The van der Waals surface area contributed by atoms with Gasteiger partial charge in [-0.15, -0.1) is 0 Å². The number of hydrogen-bond acceptors (Lipinski definition) is 4. The monoisotopic (exact) mass is 248 g/mol. The highest BCUT2D eigenvalue weighted by molar-refractivity contribution is 5.42. The van der Waals surface area contributed by atoms with E-state index in [1.54, 1.807) is 18.2 Å². The topological polar surface area (TPSA) is 101 Å². The second-order valence-electron chi connectivity index (χ2n) is 4.12. The average molecular weight is 248 g/mol. The van der Waals surface area contributed by atoms with Crippen LogP contribution in [0.1, 0.15) is 17.9 Å². The van der Waals surface area contributed by atoms with Gasteiger partial charge >= 0.3 is 0 Å². The van der Waals surface area contributed by atoms with E-state index in [0.29, 0.717) is 18.6 Å². The van der Waals surface area contributed by atoms with E-state index in [1.807, 2.05) is 0 Å². The number of azide groups is 1. The summed E-state index contributed by atoms with van der Waals surface area (Å²) in [6.07, 6.45) is 0.495. The van der Waals surface area contributed by atoms with Gasteiger partial charge in [0.05, 0.1) is 24.2 Å². The van der Waals surface area contributed by atoms with Crippen LogP contribution in [0.3, 0.4) is 0 Å². The lowest BCUT2D eigenvalue weighted by Gasteiger charge is -2.08. The molecule has 0 N–H and O–H groups in total. The first-order chi connectivity index (χ1) is 8.72. The molecule has 94 valence electrons. The minimum Gasteiger partial charge on any atom is -0.377 e. The third-order valence-electron chi connectivity index (χ3n) is 3.00. The summed E-state index contributed by atoms with van der Waals surface area (Å²) in [5, 5.41) is 14.4. The average Bonchev–Trinajstić information content (AvgIpc) is 2.85. The smallest absolute Gasteiger partial charge is 0.272 e. The normalized spacial score (nSPS) is 22.4. The van der Waals surface area contributed by atoms with Crippen LogP contribution in [0.15, 0.2) is 29.4 Å². The molecule has 1 heterocycles. The maximum atomic E-state index is 10.9. The van der Waals surface area contributed by atoms with Crippen molar-refractivity contribution in [2.45, 2.75) is 18.4 Å². The fraction of sp³-hybridized carbons (Fsp3) is 0.455. The summed E-state index contributed by atoms with van der Waals surface area (Å²) >= 11 is 0. The molecular weight excluding hydrogens is 236 g/mol. The van der Waals surface area contributed by atoms with Crippen LogP contribution >= 0.6 is 0 Å². The van der Waals surface area contributed by atoms with Crippen LogP contribution in [0.4, 0.5) is 5.69 Å². The number of nitro benzene ring substituents is 1. The molecule has 2 atom stereocenters. The lowest BCUT2D eigenvalue weighted by atomic mass is 9.95. The van der Waals surface area contributed by atoms with E-state index in [0.717, 1.165) is 0 Å². The molecule has 1 saturated heterocycles. The zero-order valence-electron chi connectivity index (χ0n) is 9.60. The van der Waals surface area contributed by atoms with E-state index in [1.165, 1.54) is 6.07 Å². The maximum absolute atomic E-state index is 10.9. The Labute approximate surface area is 103 Å². The van der Waals surface area contributed by atoms with Gasteiger partial charge in [0.25, 0.3) is 5.69 Å². The summed E-state index contributed by atoms with van der Waals surface area (Å²) in [5.74, 6) is -0.00880. The molecule has 18 heavy (non-hydrogen) atoms. The van der Waals surface area contributed by atoms with Crippen molar-refractivity contribution in [1.82, 2.24) is 0 Å². The molecule has 2 unspecified atom stereocenters. The van der Waals surface area contributed by atoms with Gasteiger partial charge in [0.15, 0.2) is 0 Å². The summed E-state index contributed by atoms with van der Waals surface area (Å²) in [6.45, 7) is 0.699. The standard InChI is InChI=1S/C11H12N4O3/c12-14-13-6-9-5-8(7-18-9)10-3-1-2-4-11(10)15(16)17/h1-4,8-9H,5-7H2. The summed E-state index contributed by atoms with van der Waals surface area (Å²) in [7, 11) is 0. The molecule has 0 radical (unpaired) electrons. The quantitative estimate of drug-likeness (QED) is 0.269. The Bertz CT molecular complexity index is 499. The number of ether oxygens (including phenoxy) is 1. The molecule has 7 heteroatoms. The molecule has 1 aliphatic rings. The van der Waals surface area contributed by atoms with Crippen LogP contribution in [0.25, 0.3) is 10.4 Å². The SMILES string of the molecule is [N-]=[N+]=NCC1CC(c2ccccc2[N+](=O)[O-])CO1. The molecule has 2 rings (SSSR count). The molecule has 0 spiro atoms. The van der Waals surface area contributed by atoms with Crippen molar-refractivity contribution in [2.75, 3.05) is 13.2 Å². The Morgan fingerprint density at radius 2 is 2.33 bits per heavy atom. The zero-order valence-corrected chi connectivity index (χ0v) is 9.60. The lowest BCUT2D eigenvalue weighted by molar-refractivity contribution is -0.385. The van der Waals surface area contributed by atoms with E-state index < -0.39 is 0 Å². The maximum Gasteiger partial charge on any atom is 0.272 e. The zero-order chi connectivity index (χ0) is 13.0. The number of rotatable bonds is 4. The number of benzene rings is 1. The van der Waals surface area contributed by atoms with Gasteiger partial charge in [0.2, 0.25) is 0 Å². The largest absolute Gasteiger partial charge is 0.377 e. The van der Waals surface area contributed by atoms with E-state index in [2.05, 4.69) is 10.0 Å². The van der Waals surface area contributed by atoms with Crippen LogP contribution in [0, 0.1) is 10.1 Å². The van der Waals surface area contributed by atoms with Crippen molar-refractivity contribution in [3.05, 3.63) is 50.4 Å². The van der Waals surface area contributed by atoms with Crippen LogP contribution in [-0.2, 0) is 4.74 Å². The number of para-hydroxylation sites is 1. The second kappa shape index (κ2) is 5.48. The van der Waals surface area contributed by atoms with Crippen molar-refractivity contribution in [2.24, 2.45) is 5.11 Å². The van der Waals surface area contributed by atoms with Gasteiger partial charge in [-0.05, 0) is 12.0 Å². The van der Waals surface area contributed by atoms with Crippen molar-refractivity contribution in [3.8, 4) is 0 Å². The molecule has 1 fully saturated rings. The molecule has 1 aromatic rings. The molecule has 1 aromatic carbocycles. The third-order valence-corrected chi connectivity index (χ3v) is 3.00. The second-order valence-corrected chi connectivity index (χ2v) is 4.12. The van der Waals surface area contributed by atoms with Crippen molar-refractivity contribution in [1.29, 1.82) is 0 Å². The first-order valence-corrected chi connectivity index (χ1v) is 5.58. The van der Waals surface area contributed by atoms with E-state index in [9.17, 15) is 10.1 Å². The van der Waals surface area contributed by atoms with E-state index in [4.69, 9.17) is 10.3 Å². The van der Waals surface area contributed by atoms with E-state index in [-0.39, 0.29) is 29.2 Å². The van der Waals surface area contributed by atoms with Gasteiger partial charge in [-0.1, -0.05) is 23.3 Å². The number of nitro groups is 1. The van der Waals surface area contributed by atoms with Gasteiger partial charge in [-0.2, -0.15) is 0 Å². The summed E-state index contributed by atoms with van der Waals surface area (Å²) in [5.41, 5.74) is 9.05. The van der Waals surface area contributed by atoms with Crippen LogP contribution < -0.4 is 0 Å². The highest BCUT2D eigenvalue weighted by atomic mass is 16.6. The predicted molar refractivity (Wildman–Crippen MR) is 64.2 cm³/mol. The highest BCUT2D eigenvalue weighted by Crippen LogP contribution is 2.34. The first kappa shape index (κ1) is 12.3. The highest BCUT2D eigenvalue weighted by Gasteiger charge is 2.30. The summed E-state index contributed by atoms with van der Waals surface area (Å²) in [4.78, 5) is 13.2. The Balaban J connectivity index is 2.14. The minimum absolute atomic E-state index is 0.00880. The first-order valence-electron chi connectivity index (χ1n) is 5.58. The van der Waals surface area contributed by atoms with Gasteiger partial charge in [0, 0.05) is 22.5 Å². The predicted octanol–water partition coefficient (Wildman–Crippen LogP) is 2.78. The van der Waals surface area contributed by atoms with Crippen LogP contribution in [0.2, 0.25) is 0 Å². The molecular formula is C11H12N4O3.